The van der Waals surface area contributed by atoms with E-state index in [4.69, 9.17) is 15.9 Å². The average Bonchev–Trinajstić information content (AvgIpc) is 2.63. The molecule has 1 atom stereocenters. The molecule has 0 spiro atoms. The summed E-state index contributed by atoms with van der Waals surface area (Å²) >= 11 is 0. The number of rotatable bonds is 4. The standard InChI is InChI=1S/C8H10O5S/c1-2-3-7(14(10)11)8(6-9)12-4-5-13-8/h1,6-7,14H,3-5H2. The summed E-state index contributed by atoms with van der Waals surface area (Å²) in [5.74, 6) is 0.490. The van der Waals surface area contributed by atoms with Crippen LogP contribution in [0.1, 0.15) is 6.42 Å². The predicted molar refractivity (Wildman–Crippen MR) is 48.3 cm³/mol. The summed E-state index contributed by atoms with van der Waals surface area (Å²) in [6.45, 7) is 0.395. The number of terminal acetylenes is 1. The van der Waals surface area contributed by atoms with E-state index in [1.54, 1.807) is 0 Å². The Balaban J connectivity index is 2.94. The summed E-state index contributed by atoms with van der Waals surface area (Å²) in [4.78, 5) is 10.8. The van der Waals surface area contributed by atoms with Gasteiger partial charge >= 0.3 is 0 Å². The normalized spacial score (nSPS) is 21.7. The second-order valence-corrected chi connectivity index (χ2v) is 3.94. The van der Waals surface area contributed by atoms with Crippen LogP contribution in [-0.2, 0) is 25.0 Å². The van der Waals surface area contributed by atoms with Crippen LogP contribution in [0.4, 0.5) is 0 Å². The van der Waals surface area contributed by atoms with Crippen LogP contribution in [0, 0.1) is 12.3 Å². The van der Waals surface area contributed by atoms with Crippen LogP contribution in [0.3, 0.4) is 0 Å². The average molecular weight is 218 g/mol. The first kappa shape index (κ1) is 11.2. The molecule has 6 heteroatoms. The molecule has 0 aromatic carbocycles. The lowest BCUT2D eigenvalue weighted by Crippen LogP contribution is -2.45. The Morgan fingerprint density at radius 2 is 2.07 bits per heavy atom. The molecule has 0 aromatic rings. The smallest absolute Gasteiger partial charge is 0.244 e. The Kier molecular flexibility index (Phi) is 3.63. The summed E-state index contributed by atoms with van der Waals surface area (Å²) in [7, 11) is -2.86. The molecule has 1 heterocycles. The van der Waals surface area contributed by atoms with Gasteiger partial charge in [-0.2, -0.15) is 0 Å². The van der Waals surface area contributed by atoms with Gasteiger partial charge < -0.3 is 9.47 Å². The molecular formula is C8H10O5S. The topological polar surface area (TPSA) is 69.7 Å². The fourth-order valence-corrected chi connectivity index (χ4v) is 2.02. The van der Waals surface area contributed by atoms with Crippen LogP contribution in [0.15, 0.2) is 0 Å². The second kappa shape index (κ2) is 4.55. The maximum atomic E-state index is 10.9. The zero-order chi connectivity index (χ0) is 10.6. The molecule has 0 saturated carbocycles. The van der Waals surface area contributed by atoms with Gasteiger partial charge in [-0.15, -0.1) is 12.3 Å². The predicted octanol–water partition coefficient (Wildman–Crippen LogP) is -1.07. The van der Waals surface area contributed by atoms with Crippen molar-refractivity contribution in [2.75, 3.05) is 13.2 Å². The quantitative estimate of drug-likeness (QED) is 0.370. The van der Waals surface area contributed by atoms with Gasteiger partial charge in [0.2, 0.25) is 5.79 Å². The first-order valence-corrected chi connectivity index (χ1v) is 5.22. The van der Waals surface area contributed by atoms with E-state index in [1.807, 2.05) is 0 Å². The van der Waals surface area contributed by atoms with Crippen molar-refractivity contribution < 1.29 is 22.7 Å². The van der Waals surface area contributed by atoms with Crippen LogP contribution < -0.4 is 0 Å². The molecule has 0 aliphatic carbocycles. The number of hydrogen-bond donors (Lipinski definition) is 1. The van der Waals surface area contributed by atoms with Crippen LogP contribution >= 0.6 is 0 Å². The van der Waals surface area contributed by atoms with E-state index in [9.17, 15) is 13.2 Å². The summed E-state index contributed by atoms with van der Waals surface area (Å²) in [5, 5.41) is -1.11. The molecule has 0 bridgehead atoms. The lowest BCUT2D eigenvalue weighted by molar-refractivity contribution is -0.166. The van der Waals surface area contributed by atoms with E-state index in [-0.39, 0.29) is 19.6 Å². The van der Waals surface area contributed by atoms with Crippen molar-refractivity contribution in [3.63, 3.8) is 0 Å². The Bertz CT molecular complexity index is 313. The number of ether oxygens (including phenoxy) is 2. The van der Waals surface area contributed by atoms with E-state index >= 15 is 0 Å². The highest BCUT2D eigenvalue weighted by atomic mass is 32.2. The van der Waals surface area contributed by atoms with Gasteiger partial charge in [-0.1, -0.05) is 0 Å². The summed E-state index contributed by atoms with van der Waals surface area (Å²) < 4.78 is 31.7. The number of aldehydes is 1. The van der Waals surface area contributed by atoms with Crippen molar-refractivity contribution in [3.05, 3.63) is 0 Å². The third-order valence-corrected chi connectivity index (χ3v) is 2.98. The summed E-state index contributed by atoms with van der Waals surface area (Å²) in [6.07, 6.45) is 5.26. The lowest BCUT2D eigenvalue weighted by atomic mass is 10.1. The summed E-state index contributed by atoms with van der Waals surface area (Å²) in [5.41, 5.74) is 0. The molecule has 0 N–H and O–H groups in total. The Morgan fingerprint density at radius 1 is 1.50 bits per heavy atom. The van der Waals surface area contributed by atoms with Crippen LogP contribution in [-0.4, -0.2) is 39.0 Å². The fourth-order valence-electron chi connectivity index (χ4n) is 1.26. The van der Waals surface area contributed by atoms with Gasteiger partial charge in [0.1, 0.15) is 16.0 Å². The molecule has 1 aliphatic rings. The second-order valence-electron chi connectivity index (χ2n) is 2.75. The third-order valence-electron chi connectivity index (χ3n) is 1.93. The van der Waals surface area contributed by atoms with Crippen molar-refractivity contribution in [1.82, 2.24) is 0 Å². The van der Waals surface area contributed by atoms with Gasteiger partial charge in [-0.3, -0.25) is 4.79 Å². The van der Waals surface area contributed by atoms with Crippen LogP contribution in [0.25, 0.3) is 0 Å². The van der Waals surface area contributed by atoms with Crippen molar-refractivity contribution in [2.45, 2.75) is 17.5 Å². The molecule has 0 radical (unpaired) electrons. The van der Waals surface area contributed by atoms with E-state index in [1.165, 1.54) is 0 Å². The van der Waals surface area contributed by atoms with Crippen molar-refractivity contribution in [1.29, 1.82) is 0 Å². The van der Waals surface area contributed by atoms with E-state index < -0.39 is 21.7 Å². The molecule has 0 aromatic heterocycles. The maximum absolute atomic E-state index is 10.9. The molecule has 14 heavy (non-hydrogen) atoms. The monoisotopic (exact) mass is 218 g/mol. The molecule has 5 nitrogen and oxygen atoms in total. The highest BCUT2D eigenvalue weighted by molar-refractivity contribution is 7.73. The van der Waals surface area contributed by atoms with E-state index in [0.29, 0.717) is 6.29 Å². The highest BCUT2D eigenvalue weighted by Crippen LogP contribution is 2.25. The molecule has 1 unspecified atom stereocenters. The molecule has 1 fully saturated rings. The maximum Gasteiger partial charge on any atom is 0.244 e. The van der Waals surface area contributed by atoms with Gasteiger partial charge in [-0.25, -0.2) is 8.42 Å². The minimum atomic E-state index is -2.86. The third kappa shape index (κ3) is 1.95. The molecule has 1 rings (SSSR count). The number of carbonyl (C=O) groups excluding carboxylic acids is 1. The van der Waals surface area contributed by atoms with Gasteiger partial charge in [0, 0.05) is 6.42 Å². The Hall–Kier alpha value is -0.900. The molecule has 0 amide bonds. The van der Waals surface area contributed by atoms with Crippen molar-refractivity contribution >= 4 is 17.0 Å². The molecule has 78 valence electrons. The Labute approximate surface area is 83.3 Å². The van der Waals surface area contributed by atoms with Gasteiger partial charge in [0.05, 0.1) is 13.2 Å². The minimum absolute atomic E-state index is 0.0998. The van der Waals surface area contributed by atoms with Crippen LogP contribution in [0.5, 0.6) is 0 Å². The Morgan fingerprint density at radius 3 is 2.43 bits per heavy atom. The number of carbonyl (C=O) groups is 1. The van der Waals surface area contributed by atoms with Crippen LogP contribution in [0.2, 0.25) is 0 Å². The first-order valence-electron chi connectivity index (χ1n) is 3.97. The van der Waals surface area contributed by atoms with Gasteiger partial charge in [-0.05, 0) is 0 Å². The highest BCUT2D eigenvalue weighted by Gasteiger charge is 2.46. The van der Waals surface area contributed by atoms with Gasteiger partial charge in [0.25, 0.3) is 0 Å². The van der Waals surface area contributed by atoms with E-state index in [0.717, 1.165) is 0 Å². The van der Waals surface area contributed by atoms with Gasteiger partial charge in [0.15, 0.2) is 6.29 Å². The lowest BCUT2D eigenvalue weighted by Gasteiger charge is -2.24. The van der Waals surface area contributed by atoms with Crippen molar-refractivity contribution in [2.24, 2.45) is 0 Å². The zero-order valence-corrected chi connectivity index (χ0v) is 8.24. The molecule has 1 saturated heterocycles. The van der Waals surface area contributed by atoms with E-state index in [2.05, 4.69) is 5.92 Å². The molecule has 1 aliphatic heterocycles. The first-order chi connectivity index (χ1) is 6.66. The SMILES string of the molecule is C#CCC([SH](=O)=O)C1(C=O)OCCO1. The fraction of sp³-hybridized carbons (Fsp3) is 0.625. The largest absolute Gasteiger partial charge is 0.340 e. The molecular weight excluding hydrogens is 208 g/mol. The number of hydrogen-bond acceptors (Lipinski definition) is 5. The minimum Gasteiger partial charge on any atom is -0.340 e. The number of thiol groups is 1. The van der Waals surface area contributed by atoms with Crippen molar-refractivity contribution in [3.8, 4) is 12.3 Å². The summed E-state index contributed by atoms with van der Waals surface area (Å²) in [6, 6.07) is 0. The zero-order valence-electron chi connectivity index (χ0n) is 7.34.